The highest BCUT2D eigenvalue weighted by atomic mass is 79.9. The quantitative estimate of drug-likeness (QED) is 0.643. The molecule has 7 heteroatoms. The van der Waals surface area contributed by atoms with Crippen molar-refractivity contribution in [1.29, 1.82) is 0 Å². The largest absolute Gasteiger partial charge is 0.339 e. The van der Waals surface area contributed by atoms with E-state index in [1.54, 1.807) is 0 Å². The first-order chi connectivity index (χ1) is 10.6. The molecule has 0 bridgehead atoms. The van der Waals surface area contributed by atoms with Gasteiger partial charge in [-0.05, 0) is 59.8 Å². The van der Waals surface area contributed by atoms with Crippen molar-refractivity contribution in [2.75, 3.05) is 26.2 Å². The number of rotatable bonds is 2. The molecule has 2 aliphatic rings. The third-order valence-corrected chi connectivity index (χ3v) is 5.36. The van der Waals surface area contributed by atoms with E-state index in [-0.39, 0.29) is 11.6 Å². The number of nitro benzene ring substituents is 1. The Kier molecular flexibility index (Phi) is 4.44. The number of likely N-dealkylation sites (tertiary alicyclic amines) is 1. The molecule has 118 valence electrons. The Morgan fingerprint density at radius 3 is 2.45 bits per heavy atom. The average molecular weight is 368 g/mol. The number of amides is 1. The smallest absolute Gasteiger partial charge is 0.270 e. The number of hydrogen-bond acceptors (Lipinski definition) is 4. The van der Waals surface area contributed by atoms with Crippen LogP contribution in [0.5, 0.6) is 0 Å². The second-order valence-corrected chi connectivity index (χ2v) is 6.82. The van der Waals surface area contributed by atoms with Crippen LogP contribution in [0.15, 0.2) is 22.7 Å². The van der Waals surface area contributed by atoms with E-state index < -0.39 is 4.92 Å². The molecule has 2 atom stereocenters. The van der Waals surface area contributed by atoms with Crippen LogP contribution in [0.25, 0.3) is 0 Å². The van der Waals surface area contributed by atoms with Gasteiger partial charge in [-0.3, -0.25) is 14.9 Å². The lowest BCUT2D eigenvalue weighted by Gasteiger charge is -2.21. The summed E-state index contributed by atoms with van der Waals surface area (Å²) in [6.45, 7) is 3.61. The Morgan fingerprint density at radius 2 is 1.91 bits per heavy atom. The highest BCUT2D eigenvalue weighted by Crippen LogP contribution is 2.29. The Bertz CT molecular complexity index is 594. The zero-order valence-corrected chi connectivity index (χ0v) is 13.7. The summed E-state index contributed by atoms with van der Waals surface area (Å²) in [5.74, 6) is 1.28. The highest BCUT2D eigenvalue weighted by Gasteiger charge is 2.32. The van der Waals surface area contributed by atoms with E-state index in [1.165, 1.54) is 18.2 Å². The molecule has 1 aromatic carbocycles. The van der Waals surface area contributed by atoms with Crippen LogP contribution in [0, 0.1) is 22.0 Å². The Balaban J connectivity index is 1.75. The number of hydrogen-bond donors (Lipinski definition) is 1. The lowest BCUT2D eigenvalue weighted by atomic mass is 9.92. The van der Waals surface area contributed by atoms with Crippen LogP contribution in [0.1, 0.15) is 23.2 Å². The molecule has 1 amide bonds. The van der Waals surface area contributed by atoms with Crippen LogP contribution in [-0.2, 0) is 0 Å². The highest BCUT2D eigenvalue weighted by molar-refractivity contribution is 9.10. The average Bonchev–Trinajstić information content (AvgIpc) is 2.85. The van der Waals surface area contributed by atoms with Crippen LogP contribution in [0.3, 0.4) is 0 Å². The SMILES string of the molecule is O=C(c1ccc([N+](=O)[O-])cc1Br)N1CC[C@@H]2CNC[C@@H]2CC1. The van der Waals surface area contributed by atoms with Gasteiger partial charge in [0.15, 0.2) is 0 Å². The van der Waals surface area contributed by atoms with Crippen LogP contribution in [-0.4, -0.2) is 41.9 Å². The predicted molar refractivity (Wildman–Crippen MR) is 85.8 cm³/mol. The van der Waals surface area contributed by atoms with Crippen LogP contribution < -0.4 is 5.32 Å². The summed E-state index contributed by atoms with van der Waals surface area (Å²) >= 11 is 3.29. The lowest BCUT2D eigenvalue weighted by molar-refractivity contribution is -0.384. The number of carbonyl (C=O) groups is 1. The molecule has 0 spiro atoms. The molecule has 0 unspecified atom stereocenters. The summed E-state index contributed by atoms with van der Waals surface area (Å²) in [5, 5.41) is 14.2. The fraction of sp³-hybridized carbons (Fsp3) is 0.533. The maximum atomic E-state index is 12.7. The first-order valence-corrected chi connectivity index (χ1v) is 8.29. The number of nitrogens with zero attached hydrogens (tertiary/aromatic N) is 2. The predicted octanol–water partition coefficient (Wildman–Crippen LogP) is 2.43. The molecular formula is C15H18BrN3O3. The van der Waals surface area contributed by atoms with Gasteiger partial charge in [0.05, 0.1) is 10.5 Å². The Hall–Kier alpha value is -1.47. The van der Waals surface area contributed by atoms with Crippen molar-refractivity contribution in [1.82, 2.24) is 10.2 Å². The third-order valence-electron chi connectivity index (χ3n) is 4.70. The fourth-order valence-electron chi connectivity index (χ4n) is 3.38. The summed E-state index contributed by atoms with van der Waals surface area (Å²) in [4.78, 5) is 24.9. The summed E-state index contributed by atoms with van der Waals surface area (Å²) in [6.07, 6.45) is 2.04. The summed E-state index contributed by atoms with van der Waals surface area (Å²) in [7, 11) is 0. The number of benzene rings is 1. The van der Waals surface area contributed by atoms with Gasteiger partial charge in [-0.2, -0.15) is 0 Å². The van der Waals surface area contributed by atoms with Crippen LogP contribution in [0.2, 0.25) is 0 Å². The van der Waals surface area contributed by atoms with Crippen LogP contribution >= 0.6 is 15.9 Å². The minimum atomic E-state index is -0.459. The third kappa shape index (κ3) is 3.01. The number of non-ortho nitro benzene ring substituents is 1. The minimum absolute atomic E-state index is 0.0140. The summed E-state index contributed by atoms with van der Waals surface area (Å²) < 4.78 is 0.484. The maximum absolute atomic E-state index is 12.7. The second kappa shape index (κ2) is 6.34. The standard InChI is InChI=1S/C15H18BrN3O3/c16-14-7-12(19(21)22)1-2-13(14)15(20)18-5-3-10-8-17-9-11(10)4-6-18/h1-2,7,10-11,17H,3-6,8-9H2/t10-,11+. The van der Waals surface area contributed by atoms with Crippen molar-refractivity contribution in [3.8, 4) is 0 Å². The molecule has 2 fully saturated rings. The van der Waals surface area contributed by atoms with Crippen molar-refractivity contribution in [2.45, 2.75) is 12.8 Å². The van der Waals surface area contributed by atoms with Gasteiger partial charge in [0.25, 0.3) is 11.6 Å². The second-order valence-electron chi connectivity index (χ2n) is 5.97. The van der Waals surface area contributed by atoms with Crippen LogP contribution in [0.4, 0.5) is 5.69 Å². The van der Waals surface area contributed by atoms with Gasteiger partial charge >= 0.3 is 0 Å². The van der Waals surface area contributed by atoms with E-state index >= 15 is 0 Å². The summed E-state index contributed by atoms with van der Waals surface area (Å²) in [6, 6.07) is 4.32. The molecule has 0 saturated carbocycles. The van der Waals surface area contributed by atoms with Crippen molar-refractivity contribution in [2.24, 2.45) is 11.8 Å². The first-order valence-electron chi connectivity index (χ1n) is 7.50. The number of nitrogens with one attached hydrogen (secondary N) is 1. The van der Waals surface area contributed by atoms with E-state index in [2.05, 4.69) is 21.2 Å². The molecule has 0 radical (unpaired) electrons. The van der Waals surface area contributed by atoms with Crippen molar-refractivity contribution in [3.63, 3.8) is 0 Å². The molecule has 3 rings (SSSR count). The van der Waals surface area contributed by atoms with E-state index in [4.69, 9.17) is 0 Å². The fourth-order valence-corrected chi connectivity index (χ4v) is 3.92. The van der Waals surface area contributed by atoms with Gasteiger partial charge in [-0.25, -0.2) is 0 Å². The normalized spacial score (nSPS) is 24.7. The summed E-state index contributed by atoms with van der Waals surface area (Å²) in [5.41, 5.74) is 0.482. The van der Waals surface area contributed by atoms with E-state index in [0.29, 0.717) is 21.9 Å². The molecule has 1 N–H and O–H groups in total. The molecule has 6 nitrogen and oxygen atoms in total. The Labute approximate surface area is 137 Å². The van der Waals surface area contributed by atoms with Gasteiger partial charge in [-0.1, -0.05) is 0 Å². The number of carbonyl (C=O) groups excluding carboxylic acids is 1. The maximum Gasteiger partial charge on any atom is 0.270 e. The molecular weight excluding hydrogens is 350 g/mol. The number of halogens is 1. The van der Waals surface area contributed by atoms with Gasteiger partial charge in [0.1, 0.15) is 0 Å². The van der Waals surface area contributed by atoms with Crippen molar-refractivity contribution in [3.05, 3.63) is 38.3 Å². The molecule has 22 heavy (non-hydrogen) atoms. The molecule has 0 aliphatic carbocycles. The molecule has 1 aromatic rings. The van der Waals surface area contributed by atoms with Gasteiger partial charge in [0, 0.05) is 29.7 Å². The lowest BCUT2D eigenvalue weighted by Crippen LogP contribution is -2.33. The van der Waals surface area contributed by atoms with E-state index in [0.717, 1.165) is 39.0 Å². The van der Waals surface area contributed by atoms with Crippen molar-refractivity contribution >= 4 is 27.5 Å². The molecule has 2 heterocycles. The van der Waals surface area contributed by atoms with E-state index in [9.17, 15) is 14.9 Å². The zero-order chi connectivity index (χ0) is 15.7. The minimum Gasteiger partial charge on any atom is -0.339 e. The number of nitro groups is 1. The molecule has 2 aliphatic heterocycles. The zero-order valence-electron chi connectivity index (χ0n) is 12.1. The monoisotopic (exact) mass is 367 g/mol. The van der Waals surface area contributed by atoms with Gasteiger partial charge in [-0.15, -0.1) is 0 Å². The van der Waals surface area contributed by atoms with Gasteiger partial charge < -0.3 is 10.2 Å². The van der Waals surface area contributed by atoms with Gasteiger partial charge in [0.2, 0.25) is 0 Å². The molecule has 0 aromatic heterocycles. The number of fused-ring (bicyclic) bond motifs is 1. The Morgan fingerprint density at radius 1 is 1.27 bits per heavy atom. The topological polar surface area (TPSA) is 75.5 Å². The molecule has 2 saturated heterocycles. The van der Waals surface area contributed by atoms with Crippen molar-refractivity contribution < 1.29 is 9.72 Å². The van der Waals surface area contributed by atoms with E-state index in [1.807, 2.05) is 4.90 Å². The first kappa shape index (κ1) is 15.4.